The summed E-state index contributed by atoms with van der Waals surface area (Å²) in [5.41, 5.74) is -0.204. The normalized spacial score (nSPS) is 10.5. The van der Waals surface area contributed by atoms with Gasteiger partial charge in [0.05, 0.1) is 5.39 Å². The summed E-state index contributed by atoms with van der Waals surface area (Å²) in [6, 6.07) is 6.76. The Morgan fingerprint density at radius 3 is 2.69 bits per heavy atom. The molecule has 0 unspecified atom stereocenters. The summed E-state index contributed by atoms with van der Waals surface area (Å²) in [7, 11) is 0. The molecule has 1 amide bonds. The van der Waals surface area contributed by atoms with Crippen molar-refractivity contribution in [3.8, 4) is 0 Å². The summed E-state index contributed by atoms with van der Waals surface area (Å²) in [5.74, 6) is -1.17. The SMILES string of the molecule is C=CCNC(=O)COC(=O)c1nn(CCCCC)c(=O)c2ccccc12. The first-order valence-corrected chi connectivity index (χ1v) is 8.63. The van der Waals surface area contributed by atoms with Gasteiger partial charge in [-0.25, -0.2) is 9.48 Å². The van der Waals surface area contributed by atoms with Crippen LogP contribution in [0.5, 0.6) is 0 Å². The number of carbonyl (C=O) groups is 2. The summed E-state index contributed by atoms with van der Waals surface area (Å²) in [6.45, 7) is 5.86. The molecule has 1 aromatic heterocycles. The van der Waals surface area contributed by atoms with Gasteiger partial charge in [0.1, 0.15) is 0 Å². The number of nitrogens with one attached hydrogen (secondary N) is 1. The van der Waals surface area contributed by atoms with Crippen molar-refractivity contribution >= 4 is 22.6 Å². The van der Waals surface area contributed by atoms with Gasteiger partial charge in [-0.1, -0.05) is 44.0 Å². The number of benzene rings is 1. The first kappa shape index (κ1) is 19.4. The van der Waals surface area contributed by atoms with Crippen molar-refractivity contribution in [2.24, 2.45) is 0 Å². The van der Waals surface area contributed by atoms with E-state index >= 15 is 0 Å². The predicted molar refractivity (Wildman–Crippen MR) is 99.0 cm³/mol. The third-order valence-electron chi connectivity index (χ3n) is 3.81. The third kappa shape index (κ3) is 4.78. The van der Waals surface area contributed by atoms with Gasteiger partial charge in [0.15, 0.2) is 12.3 Å². The zero-order valence-corrected chi connectivity index (χ0v) is 14.9. The maximum atomic E-state index is 12.6. The number of ether oxygens (including phenoxy) is 1. The van der Waals surface area contributed by atoms with Gasteiger partial charge >= 0.3 is 5.97 Å². The van der Waals surface area contributed by atoms with Crippen molar-refractivity contribution in [1.82, 2.24) is 15.1 Å². The highest BCUT2D eigenvalue weighted by atomic mass is 16.5. The van der Waals surface area contributed by atoms with Crippen molar-refractivity contribution in [2.75, 3.05) is 13.2 Å². The van der Waals surface area contributed by atoms with Gasteiger partial charge in [-0.2, -0.15) is 5.10 Å². The molecular formula is C19H23N3O4. The van der Waals surface area contributed by atoms with Crippen LogP contribution in [0, 0.1) is 0 Å². The third-order valence-corrected chi connectivity index (χ3v) is 3.81. The molecule has 2 rings (SSSR count). The Morgan fingerprint density at radius 2 is 2.00 bits per heavy atom. The summed E-state index contributed by atoms with van der Waals surface area (Å²) in [4.78, 5) is 36.6. The molecule has 0 fully saturated rings. The standard InChI is InChI=1S/C19H23N3O4/c1-3-5-8-12-22-18(24)15-10-7-6-9-14(15)17(21-22)19(25)26-13-16(23)20-11-4-2/h4,6-7,9-10H,2-3,5,8,11-13H2,1H3,(H,20,23). The number of hydrogen-bond acceptors (Lipinski definition) is 5. The molecule has 7 nitrogen and oxygen atoms in total. The molecule has 1 aromatic carbocycles. The van der Waals surface area contributed by atoms with Crippen LogP contribution in [-0.2, 0) is 16.1 Å². The molecule has 26 heavy (non-hydrogen) atoms. The van der Waals surface area contributed by atoms with Gasteiger partial charge in [0.25, 0.3) is 11.5 Å². The molecule has 0 aliphatic heterocycles. The minimum Gasteiger partial charge on any atom is -0.451 e. The van der Waals surface area contributed by atoms with Crippen LogP contribution >= 0.6 is 0 Å². The molecule has 0 saturated carbocycles. The zero-order valence-electron chi connectivity index (χ0n) is 14.9. The number of fused-ring (bicyclic) bond motifs is 1. The van der Waals surface area contributed by atoms with Gasteiger partial charge in [-0.15, -0.1) is 6.58 Å². The zero-order chi connectivity index (χ0) is 18.9. The number of carbonyl (C=O) groups excluding carboxylic acids is 2. The van der Waals surface area contributed by atoms with Crippen LogP contribution in [0.2, 0.25) is 0 Å². The predicted octanol–water partition coefficient (Wildman–Crippen LogP) is 2.05. The molecule has 1 heterocycles. The summed E-state index contributed by atoms with van der Waals surface area (Å²) >= 11 is 0. The number of unbranched alkanes of at least 4 members (excludes halogenated alkanes) is 2. The summed E-state index contributed by atoms with van der Waals surface area (Å²) in [5, 5.41) is 7.54. The first-order chi connectivity index (χ1) is 12.6. The van der Waals surface area contributed by atoms with Crippen molar-refractivity contribution in [2.45, 2.75) is 32.7 Å². The fourth-order valence-corrected chi connectivity index (χ4v) is 2.49. The molecule has 0 atom stereocenters. The lowest BCUT2D eigenvalue weighted by Gasteiger charge is -2.10. The highest BCUT2D eigenvalue weighted by Crippen LogP contribution is 2.14. The second-order valence-electron chi connectivity index (χ2n) is 5.80. The second-order valence-corrected chi connectivity index (χ2v) is 5.80. The van der Waals surface area contributed by atoms with E-state index in [-0.39, 0.29) is 11.3 Å². The van der Waals surface area contributed by atoms with Crippen LogP contribution in [0.3, 0.4) is 0 Å². The molecule has 0 saturated heterocycles. The Hall–Kier alpha value is -2.96. The number of rotatable bonds is 9. The molecular weight excluding hydrogens is 334 g/mol. The summed E-state index contributed by atoms with van der Waals surface area (Å²) < 4.78 is 6.35. The van der Waals surface area contributed by atoms with Gasteiger partial charge < -0.3 is 10.1 Å². The van der Waals surface area contributed by atoms with E-state index in [0.29, 0.717) is 23.9 Å². The van der Waals surface area contributed by atoms with Gasteiger partial charge in [-0.05, 0) is 12.5 Å². The lowest BCUT2D eigenvalue weighted by Crippen LogP contribution is -2.30. The first-order valence-electron chi connectivity index (χ1n) is 8.63. The van der Waals surface area contributed by atoms with Crippen LogP contribution in [0.1, 0.15) is 36.7 Å². The maximum absolute atomic E-state index is 12.6. The lowest BCUT2D eigenvalue weighted by atomic mass is 10.1. The van der Waals surface area contributed by atoms with Gasteiger partial charge in [0, 0.05) is 18.5 Å². The van der Waals surface area contributed by atoms with E-state index in [9.17, 15) is 14.4 Å². The molecule has 138 valence electrons. The Morgan fingerprint density at radius 1 is 1.27 bits per heavy atom. The number of esters is 1. The average Bonchev–Trinajstić information content (AvgIpc) is 2.66. The number of aryl methyl sites for hydroxylation is 1. The molecule has 0 bridgehead atoms. The monoisotopic (exact) mass is 357 g/mol. The van der Waals surface area contributed by atoms with Crippen LogP contribution in [0.25, 0.3) is 10.8 Å². The van der Waals surface area contributed by atoms with Crippen molar-refractivity contribution in [3.05, 3.63) is 53.0 Å². The van der Waals surface area contributed by atoms with E-state index in [1.165, 1.54) is 10.8 Å². The molecule has 0 radical (unpaired) electrons. The average molecular weight is 357 g/mol. The van der Waals surface area contributed by atoms with Crippen LogP contribution < -0.4 is 10.9 Å². The van der Waals surface area contributed by atoms with Crippen molar-refractivity contribution in [1.29, 1.82) is 0 Å². The Balaban J connectivity index is 2.28. The Kier molecular flexibility index (Phi) is 7.08. The quantitative estimate of drug-likeness (QED) is 0.421. The van der Waals surface area contributed by atoms with E-state index in [1.54, 1.807) is 24.3 Å². The van der Waals surface area contributed by atoms with E-state index in [0.717, 1.165) is 19.3 Å². The molecule has 0 spiro atoms. The smallest absolute Gasteiger partial charge is 0.359 e. The molecule has 0 aliphatic rings. The fourth-order valence-electron chi connectivity index (χ4n) is 2.49. The fraction of sp³-hybridized carbons (Fsp3) is 0.368. The van der Waals surface area contributed by atoms with Crippen molar-refractivity contribution in [3.63, 3.8) is 0 Å². The van der Waals surface area contributed by atoms with Gasteiger partial charge in [0.2, 0.25) is 0 Å². The molecule has 0 aliphatic carbocycles. The minimum atomic E-state index is -0.737. The number of hydrogen-bond donors (Lipinski definition) is 1. The molecule has 1 N–H and O–H groups in total. The molecule has 7 heteroatoms. The Bertz CT molecular complexity index is 857. The van der Waals surface area contributed by atoms with E-state index in [1.807, 2.05) is 0 Å². The highest BCUT2D eigenvalue weighted by molar-refractivity contribution is 6.02. The lowest BCUT2D eigenvalue weighted by molar-refractivity contribution is -0.124. The van der Waals surface area contributed by atoms with Crippen LogP contribution in [0.15, 0.2) is 41.7 Å². The van der Waals surface area contributed by atoms with Crippen LogP contribution in [-0.4, -0.2) is 34.8 Å². The Labute approximate surface area is 151 Å². The van der Waals surface area contributed by atoms with E-state index in [2.05, 4.69) is 23.9 Å². The molecule has 2 aromatic rings. The second kappa shape index (κ2) is 9.50. The minimum absolute atomic E-state index is 0.0354. The van der Waals surface area contributed by atoms with E-state index in [4.69, 9.17) is 4.74 Å². The number of aromatic nitrogens is 2. The highest BCUT2D eigenvalue weighted by Gasteiger charge is 2.18. The van der Waals surface area contributed by atoms with E-state index < -0.39 is 18.5 Å². The number of nitrogens with zero attached hydrogens (tertiary/aromatic N) is 2. The van der Waals surface area contributed by atoms with Crippen LogP contribution in [0.4, 0.5) is 0 Å². The number of amides is 1. The maximum Gasteiger partial charge on any atom is 0.359 e. The summed E-state index contributed by atoms with van der Waals surface area (Å²) in [6.07, 6.45) is 4.29. The van der Waals surface area contributed by atoms with Crippen molar-refractivity contribution < 1.29 is 14.3 Å². The van der Waals surface area contributed by atoms with Gasteiger partial charge in [-0.3, -0.25) is 9.59 Å². The topological polar surface area (TPSA) is 90.3 Å². The largest absolute Gasteiger partial charge is 0.451 e.